The Kier molecular flexibility index (Phi) is 3.86. The molecule has 0 aliphatic rings. The molecule has 1 heterocycles. The van der Waals surface area contributed by atoms with Gasteiger partial charge >= 0.3 is 0 Å². The van der Waals surface area contributed by atoms with Crippen LogP contribution in [0.4, 0.5) is 0 Å². The topological polar surface area (TPSA) is 12.0 Å². The van der Waals surface area contributed by atoms with E-state index in [2.05, 4.69) is 35.7 Å². The third kappa shape index (κ3) is 2.37. The molecule has 0 aliphatic heterocycles. The zero-order valence-corrected chi connectivity index (χ0v) is 8.03. The first-order valence-electron chi connectivity index (χ1n) is 4.08. The lowest BCUT2D eigenvalue weighted by Gasteiger charge is -2.12. The van der Waals surface area contributed by atoms with Crippen molar-refractivity contribution < 1.29 is 0 Å². The Bertz CT molecular complexity index is 245. The van der Waals surface area contributed by atoms with Crippen molar-refractivity contribution in [3.63, 3.8) is 0 Å². The van der Waals surface area contributed by atoms with Gasteiger partial charge in [-0.2, -0.15) is 0 Å². The average Bonchev–Trinajstić information content (AvgIpc) is 2.56. The second-order valence-electron chi connectivity index (χ2n) is 2.53. The summed E-state index contributed by atoms with van der Waals surface area (Å²) in [7, 11) is 0. The highest BCUT2D eigenvalue weighted by Crippen LogP contribution is 2.20. The summed E-state index contributed by atoms with van der Waals surface area (Å²) < 4.78 is 0. The van der Waals surface area contributed by atoms with Crippen molar-refractivity contribution in [2.45, 2.75) is 19.4 Å². The maximum atomic E-state index is 5.28. The Labute approximate surface area is 77.8 Å². The monoisotopic (exact) mass is 179 g/mol. The Morgan fingerprint density at radius 2 is 2.58 bits per heavy atom. The van der Waals surface area contributed by atoms with Crippen LogP contribution in [0, 0.1) is 12.3 Å². The van der Waals surface area contributed by atoms with E-state index in [1.165, 1.54) is 4.88 Å². The zero-order chi connectivity index (χ0) is 8.81. The summed E-state index contributed by atoms with van der Waals surface area (Å²) >= 11 is 1.75. The van der Waals surface area contributed by atoms with Crippen LogP contribution in [0.15, 0.2) is 17.5 Å². The molecule has 0 saturated heterocycles. The summed E-state index contributed by atoms with van der Waals surface area (Å²) in [6.07, 6.45) is 6.05. The van der Waals surface area contributed by atoms with Crippen molar-refractivity contribution >= 4 is 11.3 Å². The van der Waals surface area contributed by atoms with Gasteiger partial charge in [-0.15, -0.1) is 23.7 Å². The van der Waals surface area contributed by atoms with Crippen LogP contribution < -0.4 is 5.32 Å². The molecule has 1 N–H and O–H groups in total. The molecule has 2 heteroatoms. The predicted molar refractivity (Wildman–Crippen MR) is 54.2 cm³/mol. The number of hydrogen-bond donors (Lipinski definition) is 1. The van der Waals surface area contributed by atoms with E-state index in [1.54, 1.807) is 11.3 Å². The lowest BCUT2D eigenvalue weighted by Crippen LogP contribution is -2.19. The van der Waals surface area contributed by atoms with Gasteiger partial charge < -0.3 is 5.32 Å². The van der Waals surface area contributed by atoms with Crippen LogP contribution in [0.5, 0.6) is 0 Å². The zero-order valence-electron chi connectivity index (χ0n) is 7.21. The molecular weight excluding hydrogens is 166 g/mol. The SMILES string of the molecule is C#CCC(NCC)c1cccs1. The van der Waals surface area contributed by atoms with E-state index >= 15 is 0 Å². The van der Waals surface area contributed by atoms with Crippen LogP contribution in [0.1, 0.15) is 24.3 Å². The van der Waals surface area contributed by atoms with Crippen molar-refractivity contribution in [2.75, 3.05) is 6.54 Å². The predicted octanol–water partition coefficient (Wildman–Crippen LogP) is 2.42. The molecule has 0 saturated carbocycles. The van der Waals surface area contributed by atoms with Gasteiger partial charge in [0.1, 0.15) is 0 Å². The van der Waals surface area contributed by atoms with E-state index in [9.17, 15) is 0 Å². The van der Waals surface area contributed by atoms with Gasteiger partial charge in [-0.05, 0) is 18.0 Å². The molecule has 0 aliphatic carbocycles. The van der Waals surface area contributed by atoms with Gasteiger partial charge in [-0.25, -0.2) is 0 Å². The smallest absolute Gasteiger partial charge is 0.0525 e. The van der Waals surface area contributed by atoms with E-state index in [4.69, 9.17) is 6.42 Å². The van der Waals surface area contributed by atoms with Gasteiger partial charge in [0.2, 0.25) is 0 Å². The maximum absolute atomic E-state index is 5.28. The molecule has 0 spiro atoms. The van der Waals surface area contributed by atoms with Crippen molar-refractivity contribution in [3.8, 4) is 12.3 Å². The van der Waals surface area contributed by atoms with Crippen LogP contribution in [0.3, 0.4) is 0 Å². The first-order valence-corrected chi connectivity index (χ1v) is 4.96. The molecule has 1 rings (SSSR count). The Morgan fingerprint density at radius 3 is 3.08 bits per heavy atom. The van der Waals surface area contributed by atoms with Gasteiger partial charge in [0.25, 0.3) is 0 Å². The van der Waals surface area contributed by atoms with Crippen LogP contribution in [0.25, 0.3) is 0 Å². The molecule has 1 atom stereocenters. The molecule has 1 unspecified atom stereocenters. The van der Waals surface area contributed by atoms with Crippen LogP contribution in [0.2, 0.25) is 0 Å². The highest BCUT2D eigenvalue weighted by molar-refractivity contribution is 7.10. The Morgan fingerprint density at radius 1 is 1.75 bits per heavy atom. The van der Waals surface area contributed by atoms with Gasteiger partial charge in [0.05, 0.1) is 6.04 Å². The molecule has 0 fully saturated rings. The summed E-state index contributed by atoms with van der Waals surface area (Å²) in [5, 5.41) is 5.43. The summed E-state index contributed by atoms with van der Waals surface area (Å²) in [5.41, 5.74) is 0. The Balaban J connectivity index is 2.61. The van der Waals surface area contributed by atoms with Crippen molar-refractivity contribution in [3.05, 3.63) is 22.4 Å². The standard InChI is InChI=1S/C10H13NS/c1-3-6-9(11-4-2)10-7-5-8-12-10/h1,5,7-9,11H,4,6H2,2H3. The summed E-state index contributed by atoms with van der Waals surface area (Å²) in [6, 6.07) is 4.52. The van der Waals surface area contributed by atoms with E-state index in [-0.39, 0.29) is 0 Å². The molecule has 64 valence electrons. The minimum Gasteiger partial charge on any atom is -0.309 e. The minimum absolute atomic E-state index is 0.347. The molecule has 1 nitrogen and oxygen atoms in total. The van der Waals surface area contributed by atoms with E-state index in [0.717, 1.165) is 13.0 Å². The highest BCUT2D eigenvalue weighted by Gasteiger charge is 2.08. The van der Waals surface area contributed by atoms with Gasteiger partial charge in [0, 0.05) is 11.3 Å². The molecular formula is C10H13NS. The van der Waals surface area contributed by atoms with Crippen molar-refractivity contribution in [2.24, 2.45) is 0 Å². The third-order valence-electron chi connectivity index (χ3n) is 1.66. The minimum atomic E-state index is 0.347. The highest BCUT2D eigenvalue weighted by atomic mass is 32.1. The van der Waals surface area contributed by atoms with E-state index < -0.39 is 0 Å². The van der Waals surface area contributed by atoms with E-state index in [0.29, 0.717) is 6.04 Å². The first-order chi connectivity index (χ1) is 5.88. The quantitative estimate of drug-likeness (QED) is 0.700. The fourth-order valence-electron chi connectivity index (χ4n) is 1.13. The Hall–Kier alpha value is -0.780. The number of rotatable bonds is 4. The third-order valence-corrected chi connectivity index (χ3v) is 2.65. The lowest BCUT2D eigenvalue weighted by atomic mass is 10.2. The number of thiophene rings is 1. The van der Waals surface area contributed by atoms with Crippen molar-refractivity contribution in [1.29, 1.82) is 0 Å². The molecule has 0 bridgehead atoms. The summed E-state index contributed by atoms with van der Waals surface area (Å²) in [4.78, 5) is 1.33. The molecule has 1 aromatic rings. The number of hydrogen-bond acceptors (Lipinski definition) is 2. The molecule has 12 heavy (non-hydrogen) atoms. The van der Waals surface area contributed by atoms with Crippen LogP contribution >= 0.6 is 11.3 Å². The molecule has 0 amide bonds. The average molecular weight is 179 g/mol. The van der Waals surface area contributed by atoms with Crippen molar-refractivity contribution in [1.82, 2.24) is 5.32 Å². The normalized spacial score (nSPS) is 12.3. The van der Waals surface area contributed by atoms with Gasteiger partial charge in [-0.1, -0.05) is 13.0 Å². The largest absolute Gasteiger partial charge is 0.309 e. The fourth-order valence-corrected chi connectivity index (χ4v) is 1.93. The number of nitrogens with one attached hydrogen (secondary N) is 1. The van der Waals surface area contributed by atoms with Gasteiger partial charge in [0.15, 0.2) is 0 Å². The number of terminal acetylenes is 1. The lowest BCUT2D eigenvalue weighted by molar-refractivity contribution is 0.574. The van der Waals surface area contributed by atoms with Gasteiger partial charge in [-0.3, -0.25) is 0 Å². The molecule has 1 aromatic heterocycles. The summed E-state index contributed by atoms with van der Waals surface area (Å²) in [5.74, 6) is 2.69. The summed E-state index contributed by atoms with van der Waals surface area (Å²) in [6.45, 7) is 3.06. The second-order valence-corrected chi connectivity index (χ2v) is 3.51. The van der Waals surface area contributed by atoms with Crippen LogP contribution in [-0.4, -0.2) is 6.54 Å². The molecule has 0 radical (unpaired) electrons. The molecule has 0 aromatic carbocycles. The second kappa shape index (κ2) is 4.97. The fraction of sp³-hybridized carbons (Fsp3) is 0.400. The van der Waals surface area contributed by atoms with E-state index in [1.807, 2.05) is 0 Å². The van der Waals surface area contributed by atoms with Crippen LogP contribution in [-0.2, 0) is 0 Å². The maximum Gasteiger partial charge on any atom is 0.0525 e. The first kappa shape index (κ1) is 9.31.